The molecule has 1 saturated heterocycles. The molecule has 1 fully saturated rings. The van der Waals surface area contributed by atoms with Gasteiger partial charge < -0.3 is 15.0 Å². The Hall–Kier alpha value is -1.75. The molecular formula is C19H20Cl2N2O2. The van der Waals surface area contributed by atoms with Gasteiger partial charge in [-0.25, -0.2) is 0 Å². The van der Waals surface area contributed by atoms with Crippen molar-refractivity contribution in [2.45, 2.75) is 18.9 Å². The predicted octanol–water partition coefficient (Wildman–Crippen LogP) is 4.61. The lowest BCUT2D eigenvalue weighted by Crippen LogP contribution is -2.44. The van der Waals surface area contributed by atoms with Crippen molar-refractivity contribution in [3.63, 3.8) is 0 Å². The molecule has 4 nitrogen and oxygen atoms in total. The summed E-state index contributed by atoms with van der Waals surface area (Å²) in [5.74, 6) is 0.947. The van der Waals surface area contributed by atoms with Gasteiger partial charge in [-0.15, -0.1) is 0 Å². The van der Waals surface area contributed by atoms with Crippen LogP contribution < -0.4 is 10.1 Å². The smallest absolute Gasteiger partial charge is 0.257 e. The highest BCUT2D eigenvalue weighted by Crippen LogP contribution is 2.33. The third-order valence-electron chi connectivity index (χ3n) is 4.42. The first-order valence-corrected chi connectivity index (χ1v) is 9.02. The van der Waals surface area contributed by atoms with E-state index >= 15 is 0 Å². The Morgan fingerprint density at radius 3 is 2.52 bits per heavy atom. The van der Waals surface area contributed by atoms with Gasteiger partial charge in [0.2, 0.25) is 0 Å². The summed E-state index contributed by atoms with van der Waals surface area (Å²) in [5, 5.41) is 4.21. The van der Waals surface area contributed by atoms with Crippen molar-refractivity contribution in [2.75, 3.05) is 20.1 Å². The van der Waals surface area contributed by atoms with Gasteiger partial charge in [0.1, 0.15) is 11.5 Å². The first-order valence-electron chi connectivity index (χ1n) is 8.27. The van der Waals surface area contributed by atoms with Gasteiger partial charge in [-0.1, -0.05) is 35.3 Å². The molecule has 0 aromatic heterocycles. The second-order valence-corrected chi connectivity index (χ2v) is 6.87. The Labute approximate surface area is 157 Å². The molecule has 0 aliphatic carbocycles. The molecule has 25 heavy (non-hydrogen) atoms. The maximum Gasteiger partial charge on any atom is 0.257 e. The number of nitrogens with one attached hydrogen (secondary N) is 1. The summed E-state index contributed by atoms with van der Waals surface area (Å²) >= 11 is 12.1. The fourth-order valence-corrected chi connectivity index (χ4v) is 3.40. The number of piperidine rings is 1. The summed E-state index contributed by atoms with van der Waals surface area (Å²) in [4.78, 5) is 14.8. The van der Waals surface area contributed by atoms with E-state index in [1.807, 2.05) is 24.1 Å². The Bertz CT molecular complexity index is 759. The van der Waals surface area contributed by atoms with Gasteiger partial charge in [0.25, 0.3) is 5.91 Å². The minimum atomic E-state index is -0.0183. The van der Waals surface area contributed by atoms with E-state index in [0.29, 0.717) is 33.1 Å². The van der Waals surface area contributed by atoms with Gasteiger partial charge in [-0.2, -0.15) is 0 Å². The van der Waals surface area contributed by atoms with Crippen LogP contribution in [-0.4, -0.2) is 37.0 Å². The molecule has 3 rings (SSSR count). The zero-order valence-electron chi connectivity index (χ0n) is 14.0. The Morgan fingerprint density at radius 2 is 1.84 bits per heavy atom. The van der Waals surface area contributed by atoms with Crippen molar-refractivity contribution in [1.82, 2.24) is 10.2 Å². The SMILES string of the molecule is CNC1CCN(C(=O)c2ccccc2Oc2ccc(Cl)cc2Cl)CC1. The number of hydrogen-bond donors (Lipinski definition) is 1. The van der Waals surface area contributed by atoms with Crippen LogP contribution in [-0.2, 0) is 0 Å². The van der Waals surface area contributed by atoms with Gasteiger partial charge in [-0.05, 0) is 50.2 Å². The molecule has 2 aromatic rings. The Morgan fingerprint density at radius 1 is 1.12 bits per heavy atom. The maximum atomic E-state index is 12.9. The average molecular weight is 379 g/mol. The Kier molecular flexibility index (Phi) is 5.84. The quantitative estimate of drug-likeness (QED) is 0.844. The van der Waals surface area contributed by atoms with Gasteiger partial charge in [-0.3, -0.25) is 4.79 Å². The van der Waals surface area contributed by atoms with Crippen LogP contribution in [0.2, 0.25) is 10.0 Å². The molecule has 6 heteroatoms. The minimum absolute atomic E-state index is 0.0183. The van der Waals surface area contributed by atoms with E-state index in [9.17, 15) is 4.79 Å². The summed E-state index contributed by atoms with van der Waals surface area (Å²) in [6, 6.07) is 12.7. The number of carbonyl (C=O) groups is 1. The fraction of sp³-hybridized carbons (Fsp3) is 0.316. The molecule has 0 saturated carbocycles. The van der Waals surface area contributed by atoms with Crippen molar-refractivity contribution in [3.8, 4) is 11.5 Å². The number of para-hydroxylation sites is 1. The number of nitrogens with zero attached hydrogens (tertiary/aromatic N) is 1. The molecule has 0 spiro atoms. The largest absolute Gasteiger partial charge is 0.455 e. The van der Waals surface area contributed by atoms with Crippen LogP contribution in [0.4, 0.5) is 0 Å². The van der Waals surface area contributed by atoms with Crippen molar-refractivity contribution >= 4 is 29.1 Å². The summed E-state index contributed by atoms with van der Waals surface area (Å²) in [6.07, 6.45) is 1.91. The van der Waals surface area contributed by atoms with E-state index in [2.05, 4.69) is 5.32 Å². The van der Waals surface area contributed by atoms with Crippen LogP contribution in [0.25, 0.3) is 0 Å². The molecule has 0 atom stereocenters. The lowest BCUT2D eigenvalue weighted by atomic mass is 10.0. The fourth-order valence-electron chi connectivity index (χ4n) is 2.95. The van der Waals surface area contributed by atoms with Crippen LogP contribution >= 0.6 is 23.2 Å². The van der Waals surface area contributed by atoms with Gasteiger partial charge in [0.15, 0.2) is 0 Å². The van der Waals surface area contributed by atoms with E-state index in [0.717, 1.165) is 25.9 Å². The van der Waals surface area contributed by atoms with Gasteiger partial charge >= 0.3 is 0 Å². The number of rotatable bonds is 4. The lowest BCUT2D eigenvalue weighted by Gasteiger charge is -2.32. The highest BCUT2D eigenvalue weighted by atomic mass is 35.5. The van der Waals surface area contributed by atoms with Crippen molar-refractivity contribution in [2.24, 2.45) is 0 Å². The topological polar surface area (TPSA) is 41.6 Å². The van der Waals surface area contributed by atoms with Crippen molar-refractivity contribution in [1.29, 1.82) is 0 Å². The van der Waals surface area contributed by atoms with Crippen LogP contribution in [0.1, 0.15) is 23.2 Å². The predicted molar refractivity (Wildman–Crippen MR) is 101 cm³/mol. The second kappa shape index (κ2) is 8.09. The molecule has 1 aliphatic heterocycles. The first kappa shape index (κ1) is 18.1. The molecule has 2 aromatic carbocycles. The molecule has 1 amide bonds. The molecule has 1 N–H and O–H groups in total. The normalized spacial score (nSPS) is 15.2. The van der Waals surface area contributed by atoms with Crippen LogP contribution in [0, 0.1) is 0 Å². The number of halogens is 2. The van der Waals surface area contributed by atoms with E-state index in [1.54, 1.807) is 30.3 Å². The van der Waals surface area contributed by atoms with E-state index < -0.39 is 0 Å². The summed E-state index contributed by atoms with van der Waals surface area (Å²) in [7, 11) is 1.96. The molecule has 0 unspecified atom stereocenters. The lowest BCUT2D eigenvalue weighted by molar-refractivity contribution is 0.0705. The standard InChI is InChI=1S/C19H20Cl2N2O2/c1-22-14-8-10-23(11-9-14)19(24)15-4-2-3-5-17(15)25-18-7-6-13(20)12-16(18)21/h2-7,12,14,22H,8-11H2,1H3. The van der Waals surface area contributed by atoms with Crippen molar-refractivity contribution in [3.05, 3.63) is 58.1 Å². The molecule has 1 aliphatic rings. The number of ether oxygens (including phenoxy) is 1. The average Bonchev–Trinajstić information content (AvgIpc) is 2.64. The number of likely N-dealkylation sites (tertiary alicyclic amines) is 1. The van der Waals surface area contributed by atoms with E-state index in [1.165, 1.54) is 0 Å². The number of benzene rings is 2. The Balaban J connectivity index is 1.80. The molecule has 132 valence electrons. The zero-order chi connectivity index (χ0) is 17.8. The molecule has 0 bridgehead atoms. The highest BCUT2D eigenvalue weighted by molar-refractivity contribution is 6.35. The number of hydrogen-bond acceptors (Lipinski definition) is 3. The molecular weight excluding hydrogens is 359 g/mol. The second-order valence-electron chi connectivity index (χ2n) is 6.03. The molecule has 1 heterocycles. The summed E-state index contributed by atoms with van der Waals surface area (Å²) in [6.45, 7) is 1.47. The summed E-state index contributed by atoms with van der Waals surface area (Å²) in [5.41, 5.74) is 0.538. The zero-order valence-corrected chi connectivity index (χ0v) is 15.5. The van der Waals surface area contributed by atoms with Crippen LogP contribution in [0.5, 0.6) is 11.5 Å². The summed E-state index contributed by atoms with van der Waals surface area (Å²) < 4.78 is 5.90. The van der Waals surface area contributed by atoms with Crippen LogP contribution in [0.15, 0.2) is 42.5 Å². The van der Waals surface area contributed by atoms with Gasteiger partial charge in [0.05, 0.1) is 10.6 Å². The van der Waals surface area contributed by atoms with Crippen molar-refractivity contribution < 1.29 is 9.53 Å². The minimum Gasteiger partial charge on any atom is -0.455 e. The number of carbonyl (C=O) groups excluding carboxylic acids is 1. The highest BCUT2D eigenvalue weighted by Gasteiger charge is 2.25. The van der Waals surface area contributed by atoms with E-state index in [4.69, 9.17) is 27.9 Å². The monoisotopic (exact) mass is 378 g/mol. The van der Waals surface area contributed by atoms with Gasteiger partial charge in [0, 0.05) is 24.2 Å². The third kappa shape index (κ3) is 4.27. The van der Waals surface area contributed by atoms with E-state index in [-0.39, 0.29) is 5.91 Å². The number of amides is 1. The third-order valence-corrected chi connectivity index (χ3v) is 4.95. The first-order chi connectivity index (χ1) is 12.1. The maximum absolute atomic E-state index is 12.9. The van der Waals surface area contributed by atoms with Crippen LogP contribution in [0.3, 0.4) is 0 Å². The molecule has 0 radical (unpaired) electrons.